The first kappa shape index (κ1) is 25.9. The number of amides is 2. The zero-order valence-corrected chi connectivity index (χ0v) is 20.3. The van der Waals surface area contributed by atoms with Crippen LogP contribution in [0.25, 0.3) is 0 Å². The first-order chi connectivity index (χ1) is 15.3. The lowest BCUT2D eigenvalue weighted by molar-refractivity contribution is 0.0953. The zero-order valence-electron chi connectivity index (χ0n) is 19.5. The number of carbonyl (C=O) groups excluding carboxylic acids is 2. The summed E-state index contributed by atoms with van der Waals surface area (Å²) in [5.74, 6) is 0.821. The van der Waals surface area contributed by atoms with Gasteiger partial charge in [-0.3, -0.25) is 14.5 Å². The van der Waals surface area contributed by atoms with Crippen LogP contribution in [0.5, 0.6) is 0 Å². The Bertz CT molecular complexity index is 829. The number of likely N-dealkylation sites (tertiary alicyclic amines) is 1. The number of hydrogen-bond donors (Lipinski definition) is 2. The van der Waals surface area contributed by atoms with Crippen LogP contribution in [-0.4, -0.2) is 42.4 Å². The molecule has 0 spiro atoms. The minimum absolute atomic E-state index is 0.109. The highest BCUT2D eigenvalue weighted by atomic mass is 35.5. The number of hydrogen-bond acceptors (Lipinski definition) is 3. The van der Waals surface area contributed by atoms with E-state index in [-0.39, 0.29) is 5.91 Å². The SMILES string of the molecule is Cc1ccc(C(=O)NCCCNC(=O)Cl)cc1.Cc1ccc(CN2CCC(C)CC2)cc1. The molecule has 1 aliphatic rings. The molecule has 0 unspecified atom stereocenters. The second kappa shape index (κ2) is 13.9. The summed E-state index contributed by atoms with van der Waals surface area (Å²) in [4.78, 5) is 24.6. The van der Waals surface area contributed by atoms with Gasteiger partial charge in [0.15, 0.2) is 0 Å². The largest absolute Gasteiger partial charge is 0.352 e. The number of nitrogens with zero attached hydrogens (tertiary/aromatic N) is 1. The van der Waals surface area contributed by atoms with Gasteiger partial charge >= 0.3 is 5.37 Å². The van der Waals surface area contributed by atoms with E-state index in [2.05, 4.69) is 53.6 Å². The molecule has 0 radical (unpaired) electrons. The van der Waals surface area contributed by atoms with Crippen LogP contribution in [-0.2, 0) is 6.54 Å². The average molecular weight is 458 g/mol. The molecule has 0 bridgehead atoms. The molecule has 2 N–H and O–H groups in total. The van der Waals surface area contributed by atoms with Crippen molar-refractivity contribution in [1.82, 2.24) is 15.5 Å². The molecular formula is C26H36ClN3O2. The van der Waals surface area contributed by atoms with Crippen LogP contribution in [0.4, 0.5) is 4.79 Å². The van der Waals surface area contributed by atoms with E-state index in [9.17, 15) is 9.59 Å². The van der Waals surface area contributed by atoms with Gasteiger partial charge < -0.3 is 10.6 Å². The second-order valence-corrected chi connectivity index (χ2v) is 8.96. The number of benzene rings is 2. The maximum atomic E-state index is 11.6. The lowest BCUT2D eigenvalue weighted by atomic mass is 9.99. The predicted octanol–water partition coefficient (Wildman–Crippen LogP) is 5.29. The highest BCUT2D eigenvalue weighted by molar-refractivity contribution is 6.62. The molecule has 0 atom stereocenters. The molecule has 1 aliphatic heterocycles. The Morgan fingerprint density at radius 3 is 2.00 bits per heavy atom. The summed E-state index contributed by atoms with van der Waals surface area (Å²) < 4.78 is 0. The molecule has 2 aromatic rings. The smallest absolute Gasteiger partial charge is 0.313 e. The second-order valence-electron chi connectivity index (χ2n) is 8.62. The molecule has 0 saturated carbocycles. The highest BCUT2D eigenvalue weighted by Gasteiger charge is 2.15. The van der Waals surface area contributed by atoms with E-state index in [4.69, 9.17) is 11.6 Å². The Morgan fingerprint density at radius 1 is 0.906 bits per heavy atom. The van der Waals surface area contributed by atoms with Gasteiger partial charge in [0.1, 0.15) is 0 Å². The van der Waals surface area contributed by atoms with E-state index >= 15 is 0 Å². The highest BCUT2D eigenvalue weighted by Crippen LogP contribution is 2.18. The number of rotatable bonds is 7. The third kappa shape index (κ3) is 10.3. The lowest BCUT2D eigenvalue weighted by Gasteiger charge is -2.30. The van der Waals surface area contributed by atoms with Crippen LogP contribution in [0.15, 0.2) is 48.5 Å². The molecule has 1 heterocycles. The van der Waals surface area contributed by atoms with Crippen LogP contribution >= 0.6 is 11.6 Å². The van der Waals surface area contributed by atoms with E-state index in [1.54, 1.807) is 12.1 Å². The van der Waals surface area contributed by atoms with Gasteiger partial charge in [0.25, 0.3) is 5.91 Å². The van der Waals surface area contributed by atoms with Gasteiger partial charge in [0, 0.05) is 25.2 Å². The molecule has 5 nitrogen and oxygen atoms in total. The summed E-state index contributed by atoms with van der Waals surface area (Å²) in [7, 11) is 0. The Morgan fingerprint density at radius 2 is 1.44 bits per heavy atom. The molecule has 2 amide bonds. The van der Waals surface area contributed by atoms with E-state index in [1.807, 2.05) is 19.1 Å². The Labute approximate surface area is 197 Å². The quantitative estimate of drug-likeness (QED) is 0.337. The molecule has 174 valence electrons. The fourth-order valence-electron chi connectivity index (χ4n) is 3.46. The topological polar surface area (TPSA) is 61.4 Å². The molecule has 1 fully saturated rings. The maximum Gasteiger partial charge on any atom is 0.313 e. The molecule has 0 aliphatic carbocycles. The van der Waals surface area contributed by atoms with Gasteiger partial charge in [0.05, 0.1) is 0 Å². The third-order valence-electron chi connectivity index (χ3n) is 5.62. The first-order valence-corrected chi connectivity index (χ1v) is 11.8. The van der Waals surface area contributed by atoms with Crippen molar-refractivity contribution in [3.05, 3.63) is 70.8 Å². The summed E-state index contributed by atoms with van der Waals surface area (Å²) in [6.45, 7) is 11.1. The van der Waals surface area contributed by atoms with Crippen LogP contribution in [0, 0.1) is 19.8 Å². The Balaban J connectivity index is 0.000000228. The minimum Gasteiger partial charge on any atom is -0.352 e. The van der Waals surface area contributed by atoms with E-state index in [0.717, 1.165) is 18.0 Å². The van der Waals surface area contributed by atoms with E-state index in [0.29, 0.717) is 25.1 Å². The number of carbonyl (C=O) groups is 2. The van der Waals surface area contributed by atoms with Crippen molar-refractivity contribution >= 4 is 22.9 Å². The van der Waals surface area contributed by atoms with Crippen LogP contribution in [0.2, 0.25) is 0 Å². The zero-order chi connectivity index (χ0) is 23.3. The van der Waals surface area contributed by atoms with Gasteiger partial charge in [0.2, 0.25) is 0 Å². The van der Waals surface area contributed by atoms with Crippen molar-refractivity contribution in [3.8, 4) is 0 Å². The molecule has 3 rings (SSSR count). The summed E-state index contributed by atoms with van der Waals surface area (Å²) in [5, 5.41) is 4.63. The first-order valence-electron chi connectivity index (χ1n) is 11.4. The number of halogens is 1. The average Bonchev–Trinajstić information content (AvgIpc) is 2.77. The van der Waals surface area contributed by atoms with Gasteiger partial charge in [-0.05, 0) is 81.4 Å². The predicted molar refractivity (Wildman–Crippen MR) is 132 cm³/mol. The number of piperidine rings is 1. The summed E-state index contributed by atoms with van der Waals surface area (Å²) in [6, 6.07) is 16.3. The van der Waals surface area contributed by atoms with Crippen LogP contribution < -0.4 is 10.6 Å². The normalized spacial score (nSPS) is 14.2. The molecular weight excluding hydrogens is 422 g/mol. The van der Waals surface area contributed by atoms with Gasteiger partial charge in [-0.2, -0.15) is 0 Å². The van der Waals surface area contributed by atoms with Gasteiger partial charge in [-0.25, -0.2) is 0 Å². The van der Waals surface area contributed by atoms with Crippen LogP contribution in [0.1, 0.15) is 53.2 Å². The van der Waals surface area contributed by atoms with Gasteiger partial charge in [-0.1, -0.05) is 54.4 Å². The lowest BCUT2D eigenvalue weighted by Crippen LogP contribution is -2.32. The van der Waals surface area contributed by atoms with Crippen molar-refractivity contribution in [2.75, 3.05) is 26.2 Å². The number of nitrogens with one attached hydrogen (secondary N) is 2. The van der Waals surface area contributed by atoms with Crippen molar-refractivity contribution in [2.45, 2.75) is 46.6 Å². The number of aryl methyl sites for hydroxylation is 2. The van der Waals surface area contributed by atoms with E-state index < -0.39 is 5.37 Å². The van der Waals surface area contributed by atoms with Crippen molar-refractivity contribution < 1.29 is 9.59 Å². The van der Waals surface area contributed by atoms with Crippen molar-refractivity contribution in [1.29, 1.82) is 0 Å². The summed E-state index contributed by atoms with van der Waals surface area (Å²) in [6.07, 6.45) is 3.38. The maximum absolute atomic E-state index is 11.6. The Kier molecular flexibility index (Phi) is 11.3. The Hall–Kier alpha value is -2.37. The minimum atomic E-state index is -0.574. The molecule has 32 heavy (non-hydrogen) atoms. The van der Waals surface area contributed by atoms with Crippen LogP contribution in [0.3, 0.4) is 0 Å². The summed E-state index contributed by atoms with van der Waals surface area (Å²) >= 11 is 5.09. The van der Waals surface area contributed by atoms with Gasteiger partial charge in [-0.15, -0.1) is 0 Å². The molecule has 2 aromatic carbocycles. The van der Waals surface area contributed by atoms with Crippen molar-refractivity contribution in [3.63, 3.8) is 0 Å². The fourth-order valence-corrected chi connectivity index (χ4v) is 3.55. The molecule has 6 heteroatoms. The summed E-state index contributed by atoms with van der Waals surface area (Å²) in [5.41, 5.74) is 4.56. The monoisotopic (exact) mass is 457 g/mol. The van der Waals surface area contributed by atoms with E-state index in [1.165, 1.54) is 37.1 Å². The standard InChI is InChI=1S/C14H21N.C12H15ClN2O2/c1-12-3-5-14(6-4-12)11-15-9-7-13(2)8-10-15;1-9-3-5-10(6-4-9)11(16)14-7-2-8-15-12(13)17/h3-6,13H,7-11H2,1-2H3;3-6H,2,7-8H2,1H3,(H,14,16)(H,15,17). The molecule has 1 saturated heterocycles. The fraction of sp³-hybridized carbons (Fsp3) is 0.462. The third-order valence-corrected chi connectivity index (χ3v) is 5.75. The van der Waals surface area contributed by atoms with Crippen molar-refractivity contribution in [2.24, 2.45) is 5.92 Å². The molecule has 0 aromatic heterocycles.